The van der Waals surface area contributed by atoms with E-state index in [0.29, 0.717) is 30.2 Å². The topological polar surface area (TPSA) is 87.0 Å². The van der Waals surface area contributed by atoms with Crippen molar-refractivity contribution in [3.05, 3.63) is 54.0 Å². The number of methoxy groups -OCH3 is 2. The fourth-order valence-corrected chi connectivity index (χ4v) is 2.15. The third kappa shape index (κ3) is 6.01. The highest BCUT2D eigenvalue weighted by atomic mass is 16.5. The van der Waals surface area contributed by atoms with Crippen LogP contribution < -0.4 is 14.8 Å². The summed E-state index contributed by atoms with van der Waals surface area (Å²) in [6, 6.07) is 8.96. The van der Waals surface area contributed by atoms with Crippen LogP contribution in [-0.4, -0.2) is 39.2 Å². The SMILES string of the molecule is COc1ccc(CCNC(=O)COC(=O)/C=C/c2ccco2)cc1OC. The predicted octanol–water partition coefficient (Wildman–Crippen LogP) is 2.21. The van der Waals surface area contributed by atoms with Gasteiger partial charge in [0.05, 0.1) is 20.5 Å². The molecule has 1 aromatic carbocycles. The number of rotatable bonds is 9. The number of carbonyl (C=O) groups excluding carboxylic acids is 2. The van der Waals surface area contributed by atoms with Gasteiger partial charge < -0.3 is 23.9 Å². The Hall–Kier alpha value is -3.22. The molecule has 0 aliphatic carbocycles. The highest BCUT2D eigenvalue weighted by Gasteiger charge is 2.07. The van der Waals surface area contributed by atoms with Crippen LogP contribution in [0.2, 0.25) is 0 Å². The summed E-state index contributed by atoms with van der Waals surface area (Å²) in [5, 5.41) is 2.69. The van der Waals surface area contributed by atoms with Crippen molar-refractivity contribution in [1.82, 2.24) is 5.32 Å². The van der Waals surface area contributed by atoms with E-state index in [4.69, 9.17) is 18.6 Å². The minimum absolute atomic E-state index is 0.340. The van der Waals surface area contributed by atoms with Crippen LogP contribution in [0.3, 0.4) is 0 Å². The minimum Gasteiger partial charge on any atom is -0.493 e. The van der Waals surface area contributed by atoms with E-state index in [9.17, 15) is 9.59 Å². The molecule has 0 aliphatic rings. The van der Waals surface area contributed by atoms with E-state index in [1.54, 1.807) is 26.4 Å². The minimum atomic E-state index is -0.614. The van der Waals surface area contributed by atoms with Crippen LogP contribution in [0.25, 0.3) is 6.08 Å². The molecule has 138 valence electrons. The molecular formula is C19H21NO6. The maximum Gasteiger partial charge on any atom is 0.331 e. The average molecular weight is 359 g/mol. The van der Waals surface area contributed by atoms with Crippen LogP contribution >= 0.6 is 0 Å². The van der Waals surface area contributed by atoms with E-state index in [1.807, 2.05) is 18.2 Å². The molecule has 0 bridgehead atoms. The molecule has 2 rings (SSSR count). The molecule has 7 nitrogen and oxygen atoms in total. The van der Waals surface area contributed by atoms with Crippen LogP contribution in [0.15, 0.2) is 47.1 Å². The van der Waals surface area contributed by atoms with Crippen molar-refractivity contribution >= 4 is 18.0 Å². The summed E-state index contributed by atoms with van der Waals surface area (Å²) in [6.45, 7) is 0.0708. The zero-order chi connectivity index (χ0) is 18.8. The Balaban J connectivity index is 1.69. The average Bonchev–Trinajstić information content (AvgIpc) is 3.18. The third-order valence-corrected chi connectivity index (χ3v) is 3.46. The largest absolute Gasteiger partial charge is 0.493 e. The number of furan rings is 1. The van der Waals surface area contributed by atoms with Crippen LogP contribution in [0.4, 0.5) is 0 Å². The highest BCUT2D eigenvalue weighted by Crippen LogP contribution is 2.27. The molecule has 7 heteroatoms. The Kier molecular flexibility index (Phi) is 7.30. The van der Waals surface area contributed by atoms with E-state index in [0.717, 1.165) is 5.56 Å². The summed E-state index contributed by atoms with van der Waals surface area (Å²) < 4.78 is 20.3. The first-order valence-corrected chi connectivity index (χ1v) is 7.98. The Morgan fingerprint density at radius 3 is 2.65 bits per heavy atom. The van der Waals surface area contributed by atoms with Crippen LogP contribution in [0, 0.1) is 0 Å². The molecule has 0 fully saturated rings. The third-order valence-electron chi connectivity index (χ3n) is 3.46. The molecule has 0 saturated carbocycles. The molecule has 0 radical (unpaired) electrons. The van der Waals surface area contributed by atoms with Gasteiger partial charge in [0.2, 0.25) is 0 Å². The molecule has 1 N–H and O–H groups in total. The van der Waals surface area contributed by atoms with E-state index in [2.05, 4.69) is 5.32 Å². The van der Waals surface area contributed by atoms with Gasteiger partial charge in [0.15, 0.2) is 18.1 Å². The number of hydrogen-bond donors (Lipinski definition) is 1. The Bertz CT molecular complexity index is 751. The zero-order valence-electron chi connectivity index (χ0n) is 14.7. The second-order valence-corrected chi connectivity index (χ2v) is 5.25. The van der Waals surface area contributed by atoms with Crippen molar-refractivity contribution in [2.24, 2.45) is 0 Å². The lowest BCUT2D eigenvalue weighted by molar-refractivity contribution is -0.143. The number of esters is 1. The first kappa shape index (κ1) is 19.1. The maximum atomic E-state index is 11.7. The first-order chi connectivity index (χ1) is 12.6. The van der Waals surface area contributed by atoms with E-state index < -0.39 is 5.97 Å². The normalized spacial score (nSPS) is 10.5. The molecule has 0 atom stereocenters. The number of carbonyl (C=O) groups is 2. The van der Waals surface area contributed by atoms with Crippen molar-refractivity contribution in [2.45, 2.75) is 6.42 Å². The fraction of sp³-hybridized carbons (Fsp3) is 0.263. The molecule has 1 aromatic heterocycles. The number of ether oxygens (including phenoxy) is 3. The smallest absolute Gasteiger partial charge is 0.331 e. The molecule has 0 saturated heterocycles. The number of amides is 1. The standard InChI is InChI=1S/C19H21NO6/c1-23-16-7-5-14(12-17(16)24-2)9-10-20-18(21)13-26-19(22)8-6-15-4-3-11-25-15/h3-8,11-12H,9-10,13H2,1-2H3,(H,20,21)/b8-6+. The van der Waals surface area contributed by atoms with E-state index in [-0.39, 0.29) is 12.5 Å². The number of nitrogens with one attached hydrogen (secondary N) is 1. The van der Waals surface area contributed by atoms with Crippen molar-refractivity contribution in [3.8, 4) is 11.5 Å². The van der Waals surface area contributed by atoms with Gasteiger partial charge in [0.1, 0.15) is 5.76 Å². The Labute approximate surface area is 151 Å². The van der Waals surface area contributed by atoms with Crippen molar-refractivity contribution in [1.29, 1.82) is 0 Å². The molecule has 2 aromatic rings. The quantitative estimate of drug-likeness (QED) is 0.546. The summed E-state index contributed by atoms with van der Waals surface area (Å²) in [5.74, 6) is 0.825. The van der Waals surface area contributed by atoms with Crippen LogP contribution in [0.1, 0.15) is 11.3 Å². The Morgan fingerprint density at radius 2 is 1.96 bits per heavy atom. The maximum absolute atomic E-state index is 11.7. The summed E-state index contributed by atoms with van der Waals surface area (Å²) >= 11 is 0. The predicted molar refractivity (Wildman–Crippen MR) is 95.0 cm³/mol. The summed E-state index contributed by atoms with van der Waals surface area (Å²) in [7, 11) is 3.14. The summed E-state index contributed by atoms with van der Waals surface area (Å²) in [6.07, 6.45) is 4.78. The van der Waals surface area contributed by atoms with Gasteiger partial charge in [-0.05, 0) is 42.3 Å². The van der Waals surface area contributed by atoms with Gasteiger partial charge in [-0.3, -0.25) is 4.79 Å². The Morgan fingerprint density at radius 1 is 1.15 bits per heavy atom. The summed E-state index contributed by atoms with van der Waals surface area (Å²) in [5.41, 5.74) is 0.987. The second-order valence-electron chi connectivity index (χ2n) is 5.25. The lowest BCUT2D eigenvalue weighted by Gasteiger charge is -2.10. The summed E-state index contributed by atoms with van der Waals surface area (Å²) in [4.78, 5) is 23.2. The van der Waals surface area contributed by atoms with Gasteiger partial charge in [0, 0.05) is 12.6 Å². The monoisotopic (exact) mass is 359 g/mol. The van der Waals surface area contributed by atoms with Gasteiger partial charge in [-0.1, -0.05) is 6.07 Å². The van der Waals surface area contributed by atoms with E-state index in [1.165, 1.54) is 18.4 Å². The fourth-order valence-electron chi connectivity index (χ4n) is 2.15. The van der Waals surface area contributed by atoms with Crippen LogP contribution in [0.5, 0.6) is 11.5 Å². The molecule has 0 spiro atoms. The molecule has 1 heterocycles. The van der Waals surface area contributed by atoms with E-state index >= 15 is 0 Å². The van der Waals surface area contributed by atoms with Crippen molar-refractivity contribution < 1.29 is 28.2 Å². The van der Waals surface area contributed by atoms with Gasteiger partial charge in [-0.2, -0.15) is 0 Å². The van der Waals surface area contributed by atoms with Crippen molar-refractivity contribution in [2.75, 3.05) is 27.4 Å². The number of hydrogen-bond acceptors (Lipinski definition) is 6. The van der Waals surface area contributed by atoms with Gasteiger partial charge in [-0.25, -0.2) is 4.79 Å². The van der Waals surface area contributed by atoms with Gasteiger partial charge in [0.25, 0.3) is 5.91 Å². The number of benzene rings is 1. The molecule has 26 heavy (non-hydrogen) atoms. The first-order valence-electron chi connectivity index (χ1n) is 7.98. The molecule has 0 aliphatic heterocycles. The van der Waals surface area contributed by atoms with Crippen LogP contribution in [-0.2, 0) is 20.7 Å². The molecular weight excluding hydrogens is 338 g/mol. The lowest BCUT2D eigenvalue weighted by Crippen LogP contribution is -2.30. The van der Waals surface area contributed by atoms with Gasteiger partial charge in [-0.15, -0.1) is 0 Å². The lowest BCUT2D eigenvalue weighted by atomic mass is 10.1. The molecule has 1 amide bonds. The van der Waals surface area contributed by atoms with Gasteiger partial charge >= 0.3 is 5.97 Å². The zero-order valence-corrected chi connectivity index (χ0v) is 14.7. The molecule has 0 unspecified atom stereocenters. The van der Waals surface area contributed by atoms with Crippen molar-refractivity contribution in [3.63, 3.8) is 0 Å². The highest BCUT2D eigenvalue weighted by molar-refractivity contribution is 5.88. The second kappa shape index (κ2) is 9.93.